The molecule has 0 bridgehead atoms. The van der Waals surface area contributed by atoms with Crippen LogP contribution in [0.1, 0.15) is 69.4 Å². The van der Waals surface area contributed by atoms with Crippen molar-refractivity contribution in [2.45, 2.75) is 63.8 Å². The Bertz CT molecular complexity index is 581. The van der Waals surface area contributed by atoms with E-state index in [1.165, 1.54) is 32.1 Å². The first-order valence-corrected chi connectivity index (χ1v) is 9.74. The molecule has 0 unspecified atom stereocenters. The fourth-order valence-electron chi connectivity index (χ4n) is 4.42. The van der Waals surface area contributed by atoms with E-state index in [4.69, 9.17) is 9.47 Å². The Morgan fingerprint density at radius 2 is 1.80 bits per heavy atom. The van der Waals surface area contributed by atoms with Crippen LogP contribution in [-0.2, 0) is 4.79 Å². The van der Waals surface area contributed by atoms with Crippen LogP contribution in [0.2, 0.25) is 0 Å². The summed E-state index contributed by atoms with van der Waals surface area (Å²) in [5, 5.41) is 0. The van der Waals surface area contributed by atoms with Crippen molar-refractivity contribution in [1.29, 1.82) is 0 Å². The molecule has 1 heterocycles. The number of likely N-dealkylation sites (tertiary alicyclic amines) is 1. The van der Waals surface area contributed by atoms with Crippen molar-refractivity contribution >= 4 is 5.91 Å². The van der Waals surface area contributed by atoms with Gasteiger partial charge in [0.2, 0.25) is 5.91 Å². The number of nitrogens with zero attached hydrogens (tertiary/aromatic N) is 1. The van der Waals surface area contributed by atoms with Gasteiger partial charge in [0.1, 0.15) is 0 Å². The minimum Gasteiger partial charge on any atom is -0.493 e. The van der Waals surface area contributed by atoms with Crippen LogP contribution in [0.5, 0.6) is 11.5 Å². The molecule has 1 amide bonds. The van der Waals surface area contributed by atoms with Gasteiger partial charge >= 0.3 is 0 Å². The Labute approximate surface area is 151 Å². The van der Waals surface area contributed by atoms with Crippen LogP contribution < -0.4 is 9.47 Å². The van der Waals surface area contributed by atoms with Gasteiger partial charge in [0.15, 0.2) is 11.5 Å². The van der Waals surface area contributed by atoms with E-state index in [0.717, 1.165) is 48.8 Å². The number of carbonyl (C=O) groups is 1. The van der Waals surface area contributed by atoms with Gasteiger partial charge in [0, 0.05) is 13.0 Å². The largest absolute Gasteiger partial charge is 0.493 e. The summed E-state index contributed by atoms with van der Waals surface area (Å²) in [4.78, 5) is 14.9. The average molecular weight is 345 g/mol. The Kier molecular flexibility index (Phi) is 6.22. The van der Waals surface area contributed by atoms with E-state index < -0.39 is 0 Å². The van der Waals surface area contributed by atoms with Crippen molar-refractivity contribution in [1.82, 2.24) is 4.90 Å². The van der Waals surface area contributed by atoms with E-state index in [1.807, 2.05) is 12.1 Å². The lowest BCUT2D eigenvalue weighted by Crippen LogP contribution is -2.30. The smallest absolute Gasteiger partial charge is 0.223 e. The second kappa shape index (κ2) is 8.59. The van der Waals surface area contributed by atoms with Crippen LogP contribution >= 0.6 is 0 Å². The third-order valence-electron chi connectivity index (χ3n) is 5.86. The normalized spacial score (nSPS) is 21.4. The van der Waals surface area contributed by atoms with Gasteiger partial charge in [-0.2, -0.15) is 0 Å². The van der Waals surface area contributed by atoms with Gasteiger partial charge in [0.05, 0.1) is 20.3 Å². The number of hydrogen-bond acceptors (Lipinski definition) is 3. The number of amides is 1. The molecule has 3 rings (SSSR count). The second-order valence-electron chi connectivity index (χ2n) is 7.40. The number of hydrogen-bond donors (Lipinski definition) is 0. The molecule has 1 saturated carbocycles. The number of methoxy groups -OCH3 is 2. The molecule has 1 aromatic rings. The maximum Gasteiger partial charge on any atom is 0.223 e. The SMILES string of the molecule is COc1ccc([C@H]2CCCN2C(=O)CCC2CCCCC2)cc1OC. The van der Waals surface area contributed by atoms with Crippen molar-refractivity contribution in [2.24, 2.45) is 5.92 Å². The van der Waals surface area contributed by atoms with E-state index >= 15 is 0 Å². The fourth-order valence-corrected chi connectivity index (χ4v) is 4.42. The highest BCUT2D eigenvalue weighted by molar-refractivity contribution is 5.77. The molecule has 2 fully saturated rings. The molecular formula is C21H31NO3. The first-order chi connectivity index (χ1) is 12.2. The molecule has 25 heavy (non-hydrogen) atoms. The van der Waals surface area contributed by atoms with Crippen LogP contribution in [0, 0.1) is 5.92 Å². The number of carbonyl (C=O) groups excluding carboxylic acids is 1. The summed E-state index contributed by atoms with van der Waals surface area (Å²) in [5.41, 5.74) is 1.15. The van der Waals surface area contributed by atoms with E-state index in [-0.39, 0.29) is 6.04 Å². The minimum absolute atomic E-state index is 0.179. The first kappa shape index (κ1) is 18.1. The van der Waals surface area contributed by atoms with Crippen LogP contribution in [-0.4, -0.2) is 31.6 Å². The Hall–Kier alpha value is -1.71. The highest BCUT2D eigenvalue weighted by Gasteiger charge is 2.30. The molecule has 138 valence electrons. The fraction of sp³-hybridized carbons (Fsp3) is 0.667. The predicted octanol–water partition coefficient (Wildman–Crippen LogP) is 4.73. The lowest BCUT2D eigenvalue weighted by Gasteiger charge is -2.27. The molecule has 0 N–H and O–H groups in total. The summed E-state index contributed by atoms with van der Waals surface area (Å²) in [6.45, 7) is 0.877. The van der Waals surface area contributed by atoms with Crippen molar-refractivity contribution < 1.29 is 14.3 Å². The maximum atomic E-state index is 12.8. The summed E-state index contributed by atoms with van der Waals surface area (Å²) in [6.07, 6.45) is 10.6. The molecular weight excluding hydrogens is 314 g/mol. The average Bonchev–Trinajstić information content (AvgIpc) is 3.16. The lowest BCUT2D eigenvalue weighted by molar-refractivity contribution is -0.132. The van der Waals surface area contributed by atoms with Crippen LogP contribution in [0.25, 0.3) is 0 Å². The van der Waals surface area contributed by atoms with Crippen LogP contribution in [0.4, 0.5) is 0 Å². The molecule has 1 saturated heterocycles. The number of ether oxygens (including phenoxy) is 2. The molecule has 0 spiro atoms. The molecule has 4 heteroatoms. The monoisotopic (exact) mass is 345 g/mol. The summed E-state index contributed by atoms with van der Waals surface area (Å²) in [6, 6.07) is 6.21. The Morgan fingerprint density at radius 1 is 1.04 bits per heavy atom. The summed E-state index contributed by atoms with van der Waals surface area (Å²) in [5.74, 6) is 2.56. The summed E-state index contributed by atoms with van der Waals surface area (Å²) in [7, 11) is 3.30. The third kappa shape index (κ3) is 4.28. The van der Waals surface area contributed by atoms with E-state index in [2.05, 4.69) is 11.0 Å². The van der Waals surface area contributed by atoms with Gasteiger partial charge in [-0.1, -0.05) is 38.2 Å². The lowest BCUT2D eigenvalue weighted by atomic mass is 9.86. The topological polar surface area (TPSA) is 38.8 Å². The van der Waals surface area contributed by atoms with Gasteiger partial charge < -0.3 is 14.4 Å². The van der Waals surface area contributed by atoms with Crippen LogP contribution in [0.3, 0.4) is 0 Å². The van der Waals surface area contributed by atoms with E-state index in [9.17, 15) is 4.79 Å². The molecule has 1 aromatic carbocycles. The molecule has 0 aromatic heterocycles. The van der Waals surface area contributed by atoms with Gasteiger partial charge in [-0.15, -0.1) is 0 Å². The predicted molar refractivity (Wildman–Crippen MR) is 99.0 cm³/mol. The molecule has 0 radical (unpaired) electrons. The maximum absolute atomic E-state index is 12.8. The van der Waals surface area contributed by atoms with Crippen molar-refractivity contribution in [3.63, 3.8) is 0 Å². The third-order valence-corrected chi connectivity index (χ3v) is 5.86. The quantitative estimate of drug-likeness (QED) is 0.748. The van der Waals surface area contributed by atoms with E-state index in [0.29, 0.717) is 12.3 Å². The van der Waals surface area contributed by atoms with Gasteiger partial charge in [-0.05, 0) is 42.9 Å². The zero-order valence-corrected chi connectivity index (χ0v) is 15.6. The van der Waals surface area contributed by atoms with E-state index in [1.54, 1.807) is 14.2 Å². The molecule has 1 aliphatic carbocycles. The Morgan fingerprint density at radius 3 is 2.52 bits per heavy atom. The minimum atomic E-state index is 0.179. The number of benzene rings is 1. The number of rotatable bonds is 6. The van der Waals surface area contributed by atoms with Gasteiger partial charge in [-0.25, -0.2) is 0 Å². The van der Waals surface area contributed by atoms with Gasteiger partial charge in [-0.3, -0.25) is 4.79 Å². The summed E-state index contributed by atoms with van der Waals surface area (Å²) >= 11 is 0. The Balaban J connectivity index is 1.64. The second-order valence-corrected chi connectivity index (χ2v) is 7.40. The zero-order chi connectivity index (χ0) is 17.6. The van der Waals surface area contributed by atoms with Crippen molar-refractivity contribution in [3.05, 3.63) is 23.8 Å². The molecule has 1 atom stereocenters. The molecule has 2 aliphatic rings. The van der Waals surface area contributed by atoms with Crippen LogP contribution in [0.15, 0.2) is 18.2 Å². The molecule has 4 nitrogen and oxygen atoms in total. The zero-order valence-electron chi connectivity index (χ0n) is 15.6. The first-order valence-electron chi connectivity index (χ1n) is 9.74. The van der Waals surface area contributed by atoms with Gasteiger partial charge in [0.25, 0.3) is 0 Å². The van der Waals surface area contributed by atoms with Crippen molar-refractivity contribution in [2.75, 3.05) is 20.8 Å². The molecule has 1 aliphatic heterocycles. The van der Waals surface area contributed by atoms with Crippen molar-refractivity contribution in [3.8, 4) is 11.5 Å². The standard InChI is InChI=1S/C21H31NO3/c1-24-19-12-11-17(15-20(19)25-2)18-9-6-14-22(18)21(23)13-10-16-7-4-3-5-8-16/h11-12,15-16,18H,3-10,13-14H2,1-2H3/t18-/m1/s1. The highest BCUT2D eigenvalue weighted by atomic mass is 16.5. The summed E-state index contributed by atoms with van der Waals surface area (Å²) < 4.78 is 10.8. The highest BCUT2D eigenvalue weighted by Crippen LogP contribution is 2.37.